The number of hydrogen-bond acceptors (Lipinski definition) is 2. The lowest BCUT2D eigenvalue weighted by atomic mass is 9.73. The number of carbonyl (C=O) groups is 1. The zero-order valence-electron chi connectivity index (χ0n) is 18.8. The highest BCUT2D eigenvalue weighted by atomic mass is 19.1. The number of aromatic amines is 1. The maximum absolute atomic E-state index is 13.8. The lowest BCUT2D eigenvalue weighted by Crippen LogP contribution is -2.41. The van der Waals surface area contributed by atoms with Crippen molar-refractivity contribution in [3.63, 3.8) is 0 Å². The molecule has 1 atom stereocenters. The Morgan fingerprint density at radius 3 is 2.58 bits per heavy atom. The van der Waals surface area contributed by atoms with Crippen molar-refractivity contribution in [1.29, 1.82) is 0 Å². The van der Waals surface area contributed by atoms with Crippen LogP contribution in [0.5, 0.6) is 0 Å². The fraction of sp³-hybridized carbons (Fsp3) is 0.321. The van der Waals surface area contributed by atoms with Crippen LogP contribution in [0.15, 0.2) is 60.7 Å². The van der Waals surface area contributed by atoms with Crippen molar-refractivity contribution in [3.05, 3.63) is 83.2 Å². The van der Waals surface area contributed by atoms with E-state index >= 15 is 0 Å². The zero-order valence-corrected chi connectivity index (χ0v) is 18.8. The summed E-state index contributed by atoms with van der Waals surface area (Å²) < 4.78 is 13.8. The summed E-state index contributed by atoms with van der Waals surface area (Å²) in [6, 6.07) is 20.2. The molecular weight excluding hydrogens is 413 g/mol. The Hall–Kier alpha value is -3.18. The topological polar surface area (TPSA) is 48.1 Å². The molecule has 1 fully saturated rings. The molecule has 4 nitrogen and oxygen atoms in total. The number of nitrogens with one attached hydrogen (secondary N) is 2. The van der Waals surface area contributed by atoms with Gasteiger partial charge in [-0.05, 0) is 79.4 Å². The first kappa shape index (κ1) is 20.4. The fourth-order valence-electron chi connectivity index (χ4n) is 6.15. The van der Waals surface area contributed by atoms with Gasteiger partial charge in [0.05, 0.1) is 6.04 Å². The van der Waals surface area contributed by atoms with E-state index in [-0.39, 0.29) is 23.2 Å². The number of aromatic nitrogens is 1. The molecule has 1 aliphatic heterocycles. The zero-order chi connectivity index (χ0) is 22.6. The van der Waals surface area contributed by atoms with Crippen LogP contribution in [0.1, 0.15) is 48.9 Å². The Balaban J connectivity index is 1.21. The molecule has 1 aliphatic carbocycles. The van der Waals surface area contributed by atoms with Crippen LogP contribution in [-0.4, -0.2) is 28.9 Å². The minimum Gasteiger partial charge on any atom is -0.355 e. The average molecular weight is 442 g/mol. The fourth-order valence-corrected chi connectivity index (χ4v) is 6.15. The van der Waals surface area contributed by atoms with E-state index in [0.29, 0.717) is 0 Å². The molecule has 168 valence electrons. The van der Waals surface area contributed by atoms with Gasteiger partial charge in [-0.2, -0.15) is 0 Å². The Morgan fingerprint density at radius 2 is 1.79 bits per heavy atom. The highest BCUT2D eigenvalue weighted by Gasteiger charge is 2.45. The second-order valence-corrected chi connectivity index (χ2v) is 9.80. The van der Waals surface area contributed by atoms with Crippen LogP contribution in [0.2, 0.25) is 0 Å². The highest BCUT2D eigenvalue weighted by molar-refractivity contribution is 6.07. The third-order valence-corrected chi connectivity index (χ3v) is 7.72. The van der Waals surface area contributed by atoms with Gasteiger partial charge < -0.3 is 10.3 Å². The molecular formula is C28H28FN3O. The lowest BCUT2D eigenvalue weighted by molar-refractivity contribution is -0.119. The van der Waals surface area contributed by atoms with Gasteiger partial charge in [0.2, 0.25) is 5.91 Å². The van der Waals surface area contributed by atoms with Crippen molar-refractivity contribution in [3.8, 4) is 0 Å². The largest absolute Gasteiger partial charge is 0.355 e. The van der Waals surface area contributed by atoms with Crippen LogP contribution >= 0.6 is 0 Å². The molecule has 2 N–H and O–H groups in total. The molecule has 6 rings (SSSR count). The molecule has 0 radical (unpaired) electrons. The van der Waals surface area contributed by atoms with Crippen molar-refractivity contribution in [2.75, 3.05) is 13.1 Å². The monoisotopic (exact) mass is 441 g/mol. The van der Waals surface area contributed by atoms with E-state index in [1.807, 2.05) is 6.07 Å². The average Bonchev–Trinajstić information content (AvgIpc) is 3.31. The third kappa shape index (κ3) is 3.51. The number of hydrogen-bond donors (Lipinski definition) is 2. The van der Waals surface area contributed by atoms with E-state index in [9.17, 15) is 9.18 Å². The van der Waals surface area contributed by atoms with E-state index < -0.39 is 0 Å². The van der Waals surface area contributed by atoms with Crippen molar-refractivity contribution >= 4 is 27.7 Å². The number of rotatable bonds is 3. The van der Waals surface area contributed by atoms with Gasteiger partial charge in [-0.25, -0.2) is 4.39 Å². The highest BCUT2D eigenvalue weighted by Crippen LogP contribution is 2.50. The summed E-state index contributed by atoms with van der Waals surface area (Å²) in [4.78, 5) is 17.7. The number of amides is 1. The Morgan fingerprint density at radius 1 is 1.06 bits per heavy atom. The molecule has 0 saturated carbocycles. The number of fused-ring (bicyclic) bond motifs is 5. The van der Waals surface area contributed by atoms with Gasteiger partial charge in [0.1, 0.15) is 5.82 Å². The van der Waals surface area contributed by atoms with Gasteiger partial charge in [-0.1, -0.05) is 30.3 Å². The quantitative estimate of drug-likeness (QED) is 0.436. The Kier molecular flexibility index (Phi) is 4.77. The van der Waals surface area contributed by atoms with Gasteiger partial charge >= 0.3 is 0 Å². The summed E-state index contributed by atoms with van der Waals surface area (Å²) in [5, 5.41) is 5.19. The molecule has 0 bridgehead atoms. The van der Waals surface area contributed by atoms with Crippen LogP contribution in [0.4, 0.5) is 4.39 Å². The number of benzene rings is 3. The van der Waals surface area contributed by atoms with Crippen LogP contribution in [0, 0.1) is 5.82 Å². The van der Waals surface area contributed by atoms with Crippen LogP contribution in [-0.2, 0) is 16.8 Å². The van der Waals surface area contributed by atoms with Gasteiger partial charge in [-0.3, -0.25) is 9.69 Å². The number of halogens is 1. The maximum atomic E-state index is 13.8. The summed E-state index contributed by atoms with van der Waals surface area (Å²) in [5.41, 5.74) is 6.13. The van der Waals surface area contributed by atoms with Crippen LogP contribution in [0.3, 0.4) is 0 Å². The molecule has 1 amide bonds. The number of piperidine rings is 1. The van der Waals surface area contributed by atoms with E-state index in [1.54, 1.807) is 13.0 Å². The van der Waals surface area contributed by atoms with E-state index in [4.69, 9.17) is 0 Å². The second-order valence-electron chi connectivity index (χ2n) is 9.80. The number of carbonyl (C=O) groups excluding carboxylic acids is 1. The van der Waals surface area contributed by atoms with Crippen molar-refractivity contribution < 1.29 is 9.18 Å². The predicted octanol–water partition coefficient (Wildman–Crippen LogP) is 5.57. The SMILES string of the molecule is CC(=O)N[C@@H]1CC2(CCN(Cc3ccc4[nH]c5ccc(F)cc5c4c3)CC2)c2ccccc21. The molecule has 33 heavy (non-hydrogen) atoms. The predicted molar refractivity (Wildman–Crippen MR) is 130 cm³/mol. The van der Waals surface area contributed by atoms with Gasteiger partial charge in [0, 0.05) is 40.7 Å². The smallest absolute Gasteiger partial charge is 0.217 e. The second kappa shape index (κ2) is 7.70. The molecule has 2 aliphatic rings. The molecule has 1 saturated heterocycles. The summed E-state index contributed by atoms with van der Waals surface area (Å²) in [7, 11) is 0. The number of nitrogens with zero attached hydrogens (tertiary/aromatic N) is 1. The first-order valence-corrected chi connectivity index (χ1v) is 11.8. The van der Waals surface area contributed by atoms with Crippen molar-refractivity contribution in [2.24, 2.45) is 0 Å². The summed E-state index contributed by atoms with van der Waals surface area (Å²) >= 11 is 0. The Bertz CT molecular complexity index is 1370. The Labute approximate surface area is 192 Å². The minimum absolute atomic E-state index is 0.0387. The summed E-state index contributed by atoms with van der Waals surface area (Å²) in [6.45, 7) is 4.56. The number of H-pyrrole nitrogens is 1. The first-order chi connectivity index (χ1) is 16.0. The van der Waals surface area contributed by atoms with Crippen LogP contribution < -0.4 is 5.32 Å². The van der Waals surface area contributed by atoms with Crippen molar-refractivity contribution in [2.45, 2.75) is 44.2 Å². The molecule has 0 unspecified atom stereocenters. The minimum atomic E-state index is -0.204. The molecule has 2 heterocycles. The van der Waals surface area contributed by atoms with E-state index in [2.05, 4.69) is 57.7 Å². The standard InChI is InChI=1S/C28H28FN3O/c1-18(33)30-27-16-28(24-5-3-2-4-21(24)27)10-12-32(13-11-28)17-19-6-8-25-22(14-19)23-15-20(29)7-9-26(23)31-25/h2-9,14-15,27,31H,10-13,16-17H2,1H3,(H,30,33)/t27-/m1/s1. The normalized spacial score (nSPS) is 19.9. The number of likely N-dealkylation sites (tertiary alicyclic amines) is 1. The molecule has 1 aromatic heterocycles. The summed E-state index contributed by atoms with van der Waals surface area (Å²) in [5.74, 6) is -0.165. The molecule has 4 aromatic rings. The molecule has 5 heteroatoms. The van der Waals surface area contributed by atoms with Crippen LogP contribution in [0.25, 0.3) is 21.8 Å². The van der Waals surface area contributed by atoms with Gasteiger partial charge in [-0.15, -0.1) is 0 Å². The maximum Gasteiger partial charge on any atom is 0.217 e. The van der Waals surface area contributed by atoms with Crippen molar-refractivity contribution in [1.82, 2.24) is 15.2 Å². The summed E-state index contributed by atoms with van der Waals surface area (Å²) in [6.07, 6.45) is 3.19. The lowest BCUT2D eigenvalue weighted by Gasteiger charge is -2.40. The third-order valence-electron chi connectivity index (χ3n) is 7.72. The van der Waals surface area contributed by atoms with Gasteiger partial charge in [0.15, 0.2) is 0 Å². The van der Waals surface area contributed by atoms with E-state index in [1.165, 1.54) is 22.8 Å². The molecule has 3 aromatic carbocycles. The van der Waals surface area contributed by atoms with E-state index in [0.717, 1.165) is 60.7 Å². The first-order valence-electron chi connectivity index (χ1n) is 11.8. The van der Waals surface area contributed by atoms with Gasteiger partial charge in [0.25, 0.3) is 0 Å². The molecule has 1 spiro atoms.